The summed E-state index contributed by atoms with van der Waals surface area (Å²) in [5.74, 6) is -1.53. The number of Topliss-reactive ketones (excluding diaryl/α,β-unsaturated/α-hetero) is 1. The molecule has 1 saturated carbocycles. The second kappa shape index (κ2) is 9.79. The molecule has 3 aromatic carbocycles. The van der Waals surface area contributed by atoms with Crippen LogP contribution in [0.5, 0.6) is 0 Å². The number of benzene rings is 3. The number of halogens is 2. The van der Waals surface area contributed by atoms with Gasteiger partial charge in [-0.1, -0.05) is 12.1 Å². The molecular weight excluding hydrogens is 512 g/mol. The molecule has 0 unspecified atom stereocenters. The maximum absolute atomic E-state index is 16.3. The summed E-state index contributed by atoms with van der Waals surface area (Å²) < 4.78 is 35.8. The quantitative estimate of drug-likeness (QED) is 0.231. The number of nitrogens with zero attached hydrogens (tertiary/aromatic N) is 2. The molecule has 0 radical (unpaired) electrons. The average Bonchev–Trinajstić information content (AvgIpc) is 3.65. The van der Waals surface area contributed by atoms with Crippen molar-refractivity contribution in [3.8, 4) is 22.5 Å². The molecule has 40 heavy (non-hydrogen) atoms. The molecule has 200 valence electrons. The van der Waals surface area contributed by atoms with Crippen molar-refractivity contribution in [2.24, 2.45) is 0 Å². The second-order valence-electron chi connectivity index (χ2n) is 10.2. The van der Waals surface area contributed by atoms with E-state index in [0.717, 1.165) is 24.1 Å². The Hall–Kier alpha value is -4.72. The molecule has 8 heteroatoms. The number of rotatable bonds is 7. The first kappa shape index (κ1) is 25.6. The zero-order valence-electron chi connectivity index (χ0n) is 21.9. The summed E-state index contributed by atoms with van der Waals surface area (Å²) >= 11 is 0. The number of aromatic nitrogens is 2. The predicted molar refractivity (Wildman–Crippen MR) is 147 cm³/mol. The van der Waals surface area contributed by atoms with Gasteiger partial charge in [-0.25, -0.2) is 8.78 Å². The summed E-state index contributed by atoms with van der Waals surface area (Å²) in [6, 6.07) is 13.9. The fourth-order valence-electron chi connectivity index (χ4n) is 5.25. The van der Waals surface area contributed by atoms with Gasteiger partial charge in [0.05, 0.1) is 16.6 Å². The van der Waals surface area contributed by atoms with E-state index < -0.39 is 17.5 Å². The van der Waals surface area contributed by atoms with Gasteiger partial charge in [-0.3, -0.25) is 19.6 Å². The molecule has 1 N–H and O–H groups in total. The lowest BCUT2D eigenvalue weighted by Gasteiger charge is -2.15. The van der Waals surface area contributed by atoms with Crippen LogP contribution in [0.1, 0.15) is 51.2 Å². The number of nitrogens with one attached hydrogen (secondary N) is 1. The highest BCUT2D eigenvalue weighted by Gasteiger charge is 2.47. The molecule has 0 saturated heterocycles. The Bertz CT molecular complexity index is 1780. The van der Waals surface area contributed by atoms with Gasteiger partial charge in [0.25, 0.3) is 5.91 Å². The van der Waals surface area contributed by atoms with E-state index in [2.05, 4.69) is 15.3 Å². The number of carbonyl (C=O) groups excluding carboxylic acids is 2. The van der Waals surface area contributed by atoms with E-state index >= 15 is 4.39 Å². The molecule has 6 nitrogen and oxygen atoms in total. The van der Waals surface area contributed by atoms with E-state index in [0.29, 0.717) is 23.1 Å². The number of ketones is 1. The fourth-order valence-corrected chi connectivity index (χ4v) is 5.25. The minimum absolute atomic E-state index is 0.0203. The number of amides is 1. The number of carbonyl (C=O) groups is 2. The first-order valence-corrected chi connectivity index (χ1v) is 12.9. The van der Waals surface area contributed by atoms with E-state index in [1.165, 1.54) is 31.3 Å². The van der Waals surface area contributed by atoms with Crippen LogP contribution >= 0.6 is 0 Å². The van der Waals surface area contributed by atoms with Gasteiger partial charge in [-0.15, -0.1) is 0 Å². The molecule has 1 aliphatic rings. The van der Waals surface area contributed by atoms with E-state index in [1.807, 2.05) is 6.92 Å². The average molecular weight is 538 g/mol. The zero-order valence-corrected chi connectivity index (χ0v) is 21.9. The first-order valence-electron chi connectivity index (χ1n) is 12.9. The van der Waals surface area contributed by atoms with Crippen molar-refractivity contribution in [3.63, 3.8) is 0 Å². The van der Waals surface area contributed by atoms with Gasteiger partial charge in [0.15, 0.2) is 5.78 Å². The molecule has 1 aliphatic carbocycles. The number of hydrogen-bond donors (Lipinski definition) is 1. The Labute approximate surface area is 229 Å². The molecule has 2 heterocycles. The van der Waals surface area contributed by atoms with Gasteiger partial charge in [0, 0.05) is 54.2 Å². The van der Waals surface area contributed by atoms with Crippen molar-refractivity contribution >= 4 is 22.7 Å². The highest BCUT2D eigenvalue weighted by Crippen LogP contribution is 2.50. The molecule has 5 aromatic rings. The van der Waals surface area contributed by atoms with Crippen LogP contribution in [0.25, 0.3) is 33.4 Å². The van der Waals surface area contributed by atoms with Gasteiger partial charge in [-0.2, -0.15) is 0 Å². The Balaban J connectivity index is 1.43. The van der Waals surface area contributed by atoms with Crippen molar-refractivity contribution < 1.29 is 22.8 Å². The lowest BCUT2D eigenvalue weighted by Crippen LogP contribution is -2.18. The summed E-state index contributed by atoms with van der Waals surface area (Å²) in [6.45, 7) is 1.84. The maximum Gasteiger partial charge on any atom is 0.255 e. The lowest BCUT2D eigenvalue weighted by molar-refractivity contribution is 0.0958. The van der Waals surface area contributed by atoms with Gasteiger partial charge in [0.1, 0.15) is 23.0 Å². The van der Waals surface area contributed by atoms with Crippen LogP contribution < -0.4 is 5.32 Å². The van der Waals surface area contributed by atoms with Gasteiger partial charge in [-0.05, 0) is 73.4 Å². The largest absolute Gasteiger partial charge is 0.455 e. The molecule has 0 aliphatic heterocycles. The van der Waals surface area contributed by atoms with Crippen LogP contribution in [-0.4, -0.2) is 28.7 Å². The third kappa shape index (κ3) is 4.35. The number of furan rings is 1. The number of aryl methyl sites for hydroxylation is 1. The van der Waals surface area contributed by atoms with Crippen molar-refractivity contribution in [2.45, 2.75) is 31.6 Å². The number of fused-ring (bicyclic) bond motifs is 1. The summed E-state index contributed by atoms with van der Waals surface area (Å²) in [5.41, 5.74) is 3.18. The predicted octanol–water partition coefficient (Wildman–Crippen LogP) is 6.81. The SMILES string of the molecule is CNC(=O)c1c(-c2ccc(F)cc2)oc2ccc(-c3cc(C(=O)CC4(c5cnccn5)CC4)ccc3C)c(F)c12. The monoisotopic (exact) mass is 537 g/mol. The molecule has 1 fully saturated rings. The molecule has 2 aromatic heterocycles. The normalized spacial score (nSPS) is 13.8. The van der Waals surface area contributed by atoms with E-state index in [-0.39, 0.29) is 39.1 Å². The summed E-state index contributed by atoms with van der Waals surface area (Å²) in [7, 11) is 1.45. The molecule has 0 bridgehead atoms. The third-order valence-corrected chi connectivity index (χ3v) is 7.66. The van der Waals surface area contributed by atoms with Crippen LogP contribution in [-0.2, 0) is 5.41 Å². The van der Waals surface area contributed by atoms with Crippen molar-refractivity contribution in [1.29, 1.82) is 0 Å². The Morgan fingerprint density at radius 3 is 2.45 bits per heavy atom. The fraction of sp³-hybridized carbons (Fsp3) is 0.188. The van der Waals surface area contributed by atoms with E-state index in [1.54, 1.807) is 48.9 Å². The molecule has 0 spiro atoms. The Morgan fingerprint density at radius 1 is 1.00 bits per heavy atom. The zero-order chi connectivity index (χ0) is 28.0. The van der Waals surface area contributed by atoms with Crippen molar-refractivity contribution in [3.05, 3.63) is 107 Å². The van der Waals surface area contributed by atoms with Gasteiger partial charge >= 0.3 is 0 Å². The Kier molecular flexibility index (Phi) is 6.25. The highest BCUT2D eigenvalue weighted by atomic mass is 19.1. The van der Waals surface area contributed by atoms with Crippen molar-refractivity contribution in [2.75, 3.05) is 7.05 Å². The third-order valence-electron chi connectivity index (χ3n) is 7.66. The number of hydrogen-bond acceptors (Lipinski definition) is 5. The standard InChI is InChI=1S/C32H25F2N3O3/c1-18-3-4-20(24(38)16-32(11-12-32)26-17-36-13-14-37-26)15-23(18)22-9-10-25-27(29(22)34)28(31(39)35-2)30(40-25)19-5-7-21(33)8-6-19/h3-10,13-15,17H,11-12,16H2,1-2H3,(H,35,39). The van der Waals surface area contributed by atoms with Crippen LogP contribution in [0.4, 0.5) is 8.78 Å². The second-order valence-corrected chi connectivity index (χ2v) is 10.2. The van der Waals surface area contributed by atoms with Crippen molar-refractivity contribution in [1.82, 2.24) is 15.3 Å². The van der Waals surface area contributed by atoms with Crippen LogP contribution in [0.15, 0.2) is 77.6 Å². The molecular formula is C32H25F2N3O3. The first-order chi connectivity index (χ1) is 19.3. The van der Waals surface area contributed by atoms with Crippen LogP contribution in [0.2, 0.25) is 0 Å². The molecule has 6 rings (SSSR count). The van der Waals surface area contributed by atoms with Gasteiger partial charge < -0.3 is 9.73 Å². The molecule has 1 amide bonds. The van der Waals surface area contributed by atoms with Crippen LogP contribution in [0.3, 0.4) is 0 Å². The van der Waals surface area contributed by atoms with E-state index in [4.69, 9.17) is 4.42 Å². The maximum atomic E-state index is 16.3. The van der Waals surface area contributed by atoms with E-state index in [9.17, 15) is 14.0 Å². The molecule has 0 atom stereocenters. The minimum atomic E-state index is -0.640. The van der Waals surface area contributed by atoms with Crippen LogP contribution in [0, 0.1) is 18.6 Å². The van der Waals surface area contributed by atoms with Gasteiger partial charge in [0.2, 0.25) is 0 Å². The minimum Gasteiger partial charge on any atom is -0.455 e. The topological polar surface area (TPSA) is 85.1 Å². The summed E-state index contributed by atoms with van der Waals surface area (Å²) in [6.07, 6.45) is 6.96. The Morgan fingerprint density at radius 2 is 1.77 bits per heavy atom. The summed E-state index contributed by atoms with van der Waals surface area (Å²) in [4.78, 5) is 34.9. The lowest BCUT2D eigenvalue weighted by atomic mass is 9.90. The highest BCUT2D eigenvalue weighted by molar-refractivity contribution is 6.12. The summed E-state index contributed by atoms with van der Waals surface area (Å²) in [5, 5.41) is 2.57. The smallest absolute Gasteiger partial charge is 0.255 e.